The molecule has 98 valence electrons. The Balaban J connectivity index is 2.06. The van der Waals surface area contributed by atoms with Gasteiger partial charge in [0.25, 0.3) is 0 Å². The predicted molar refractivity (Wildman–Crippen MR) is 75.6 cm³/mol. The van der Waals surface area contributed by atoms with E-state index in [1.54, 1.807) is 6.07 Å². The fourth-order valence-corrected chi connectivity index (χ4v) is 2.39. The summed E-state index contributed by atoms with van der Waals surface area (Å²) in [5.74, 6) is 1.55. The highest BCUT2D eigenvalue weighted by atomic mass is 35.5. The van der Waals surface area contributed by atoms with Crippen LogP contribution in [0.25, 0.3) is 11.0 Å². The first-order valence-corrected chi connectivity index (χ1v) is 6.48. The Labute approximate surface area is 116 Å². The van der Waals surface area contributed by atoms with E-state index >= 15 is 0 Å². The number of nitrogens with one attached hydrogen (secondary N) is 1. The Bertz CT molecular complexity index is 714. The number of fused-ring (bicyclic) bond motifs is 1. The van der Waals surface area contributed by atoms with Gasteiger partial charge in [0.05, 0.1) is 0 Å². The van der Waals surface area contributed by atoms with Crippen LogP contribution in [0.1, 0.15) is 23.1 Å². The van der Waals surface area contributed by atoms with E-state index in [9.17, 15) is 0 Å². The third-order valence-corrected chi connectivity index (χ3v) is 3.35. The highest BCUT2D eigenvalue weighted by Crippen LogP contribution is 2.30. The number of hydrogen-bond acceptors (Lipinski definition) is 3. The number of aryl methyl sites for hydroxylation is 1. The lowest BCUT2D eigenvalue weighted by atomic mass is 10.1. The van der Waals surface area contributed by atoms with Gasteiger partial charge in [-0.05, 0) is 55.9 Å². The van der Waals surface area contributed by atoms with Crippen molar-refractivity contribution in [2.24, 2.45) is 0 Å². The van der Waals surface area contributed by atoms with Gasteiger partial charge in [-0.15, -0.1) is 0 Å². The van der Waals surface area contributed by atoms with Gasteiger partial charge in [0.1, 0.15) is 23.1 Å². The zero-order valence-electron chi connectivity index (χ0n) is 10.7. The van der Waals surface area contributed by atoms with E-state index < -0.39 is 0 Å². The molecule has 1 aromatic carbocycles. The van der Waals surface area contributed by atoms with E-state index in [0.717, 1.165) is 22.5 Å². The van der Waals surface area contributed by atoms with Gasteiger partial charge in [0, 0.05) is 5.39 Å². The topological polar surface area (TPSA) is 38.3 Å². The average Bonchev–Trinajstić information content (AvgIpc) is 2.96. The third kappa shape index (κ3) is 2.27. The highest BCUT2D eigenvalue weighted by molar-refractivity contribution is 6.28. The van der Waals surface area contributed by atoms with E-state index in [1.165, 1.54) is 5.56 Å². The van der Waals surface area contributed by atoms with Gasteiger partial charge >= 0.3 is 0 Å². The van der Waals surface area contributed by atoms with E-state index in [2.05, 4.69) is 18.3 Å². The minimum absolute atomic E-state index is 0.139. The van der Waals surface area contributed by atoms with E-state index in [4.69, 9.17) is 20.4 Å². The van der Waals surface area contributed by atoms with E-state index in [1.807, 2.05) is 31.3 Å². The zero-order chi connectivity index (χ0) is 13.4. The van der Waals surface area contributed by atoms with Crippen molar-refractivity contribution in [3.63, 3.8) is 0 Å². The molecular weight excluding hydrogens is 262 g/mol. The second-order valence-electron chi connectivity index (χ2n) is 4.55. The number of furan rings is 2. The molecule has 3 nitrogen and oxygen atoms in total. The zero-order valence-corrected chi connectivity index (χ0v) is 11.5. The molecule has 0 aliphatic heterocycles. The summed E-state index contributed by atoms with van der Waals surface area (Å²) in [6.45, 7) is 2.06. The third-order valence-electron chi connectivity index (χ3n) is 3.14. The molecule has 2 aromatic heterocycles. The predicted octanol–water partition coefficient (Wildman–Crippen LogP) is 4.30. The molecule has 0 spiro atoms. The summed E-state index contributed by atoms with van der Waals surface area (Å²) in [4.78, 5) is 0. The van der Waals surface area contributed by atoms with Crippen molar-refractivity contribution < 1.29 is 8.83 Å². The lowest BCUT2D eigenvalue weighted by molar-refractivity contribution is 0.415. The van der Waals surface area contributed by atoms with Gasteiger partial charge in [-0.3, -0.25) is 0 Å². The summed E-state index contributed by atoms with van der Waals surface area (Å²) < 4.78 is 11.3. The minimum Gasteiger partial charge on any atom is -0.459 e. The maximum Gasteiger partial charge on any atom is 0.193 e. The lowest BCUT2D eigenvalue weighted by Crippen LogP contribution is -2.16. The first kappa shape index (κ1) is 12.3. The molecular formula is C15H14ClNO2. The van der Waals surface area contributed by atoms with Crippen LogP contribution in [-0.4, -0.2) is 7.05 Å². The molecule has 0 radical (unpaired) electrons. The second-order valence-corrected chi connectivity index (χ2v) is 4.93. The van der Waals surface area contributed by atoms with Gasteiger partial charge < -0.3 is 14.2 Å². The van der Waals surface area contributed by atoms with Crippen LogP contribution in [-0.2, 0) is 0 Å². The van der Waals surface area contributed by atoms with E-state index in [0.29, 0.717) is 5.22 Å². The van der Waals surface area contributed by atoms with Gasteiger partial charge in [-0.25, -0.2) is 0 Å². The number of benzene rings is 1. The van der Waals surface area contributed by atoms with E-state index in [-0.39, 0.29) is 6.04 Å². The second kappa shape index (κ2) is 4.76. The largest absolute Gasteiger partial charge is 0.459 e. The first-order chi connectivity index (χ1) is 9.17. The molecule has 0 saturated carbocycles. The summed E-state index contributed by atoms with van der Waals surface area (Å²) in [6.07, 6.45) is 0. The van der Waals surface area contributed by atoms with Crippen molar-refractivity contribution >= 4 is 22.6 Å². The fourth-order valence-electron chi connectivity index (χ4n) is 2.23. The summed E-state index contributed by atoms with van der Waals surface area (Å²) >= 11 is 5.82. The molecule has 4 heteroatoms. The molecule has 3 aromatic rings. The average molecular weight is 276 g/mol. The maximum atomic E-state index is 5.87. The molecule has 0 amide bonds. The van der Waals surface area contributed by atoms with Crippen LogP contribution in [0.3, 0.4) is 0 Å². The number of halogens is 1. The van der Waals surface area contributed by atoms with Crippen molar-refractivity contribution in [3.05, 3.63) is 58.7 Å². The molecule has 3 rings (SSSR count). The van der Waals surface area contributed by atoms with Crippen LogP contribution >= 0.6 is 11.6 Å². The molecule has 19 heavy (non-hydrogen) atoms. The summed E-state index contributed by atoms with van der Waals surface area (Å²) in [5.41, 5.74) is 2.08. The Hall–Kier alpha value is -1.71. The quantitative estimate of drug-likeness (QED) is 0.775. The molecule has 1 unspecified atom stereocenters. The van der Waals surface area contributed by atoms with Gasteiger partial charge in [0.2, 0.25) is 0 Å². The molecule has 1 N–H and O–H groups in total. The normalized spacial score (nSPS) is 13.0. The lowest BCUT2D eigenvalue weighted by Gasteiger charge is -2.09. The smallest absolute Gasteiger partial charge is 0.193 e. The number of hydrogen-bond donors (Lipinski definition) is 1. The van der Waals surface area contributed by atoms with Crippen molar-refractivity contribution in [1.82, 2.24) is 5.32 Å². The fraction of sp³-hybridized carbons (Fsp3) is 0.200. The van der Waals surface area contributed by atoms with Crippen molar-refractivity contribution in [2.45, 2.75) is 13.0 Å². The molecule has 0 fully saturated rings. The highest BCUT2D eigenvalue weighted by Gasteiger charge is 2.20. The molecule has 0 aliphatic carbocycles. The van der Waals surface area contributed by atoms with Crippen LogP contribution in [0.5, 0.6) is 0 Å². The minimum atomic E-state index is -0.139. The first-order valence-electron chi connectivity index (χ1n) is 6.10. The summed E-state index contributed by atoms with van der Waals surface area (Å²) in [7, 11) is 1.86. The van der Waals surface area contributed by atoms with Gasteiger partial charge in [0.15, 0.2) is 5.22 Å². The summed E-state index contributed by atoms with van der Waals surface area (Å²) in [5, 5.41) is 4.65. The molecule has 0 saturated heterocycles. The Morgan fingerprint density at radius 2 is 1.89 bits per heavy atom. The SMILES string of the molecule is CNC(c1ccc(Cl)o1)c1cc2cc(C)ccc2o1. The Morgan fingerprint density at radius 3 is 2.58 bits per heavy atom. The number of rotatable bonds is 3. The van der Waals surface area contributed by atoms with Crippen LogP contribution in [0, 0.1) is 6.92 Å². The molecule has 0 bridgehead atoms. The van der Waals surface area contributed by atoms with Crippen molar-refractivity contribution in [3.8, 4) is 0 Å². The van der Waals surface area contributed by atoms with Crippen LogP contribution in [0.15, 0.2) is 45.2 Å². The maximum absolute atomic E-state index is 5.87. The Morgan fingerprint density at radius 1 is 1.05 bits per heavy atom. The summed E-state index contributed by atoms with van der Waals surface area (Å²) in [6, 6.07) is 11.6. The molecule has 0 aliphatic rings. The van der Waals surface area contributed by atoms with Crippen LogP contribution in [0.4, 0.5) is 0 Å². The Kier molecular flexibility index (Phi) is 3.09. The van der Waals surface area contributed by atoms with Crippen molar-refractivity contribution in [1.29, 1.82) is 0 Å². The van der Waals surface area contributed by atoms with Crippen molar-refractivity contribution in [2.75, 3.05) is 7.05 Å². The molecule has 1 atom stereocenters. The standard InChI is InChI=1S/C15H14ClNO2/c1-9-3-4-11-10(7-9)8-13(18-11)15(17-2)12-5-6-14(16)19-12/h3-8,15,17H,1-2H3. The van der Waals surface area contributed by atoms with Crippen LogP contribution in [0.2, 0.25) is 5.22 Å². The molecule has 2 heterocycles. The van der Waals surface area contributed by atoms with Gasteiger partial charge in [-0.1, -0.05) is 11.6 Å². The van der Waals surface area contributed by atoms with Crippen LogP contribution < -0.4 is 5.32 Å². The monoisotopic (exact) mass is 275 g/mol. The van der Waals surface area contributed by atoms with Gasteiger partial charge in [-0.2, -0.15) is 0 Å².